The number of nitrogens with zero attached hydrogens (tertiary/aromatic N) is 1. The molecule has 0 saturated heterocycles. The Kier molecular flexibility index (Phi) is 5.26. The topological polar surface area (TPSA) is 15.3 Å². The van der Waals surface area contributed by atoms with Crippen molar-refractivity contribution < 1.29 is 0 Å². The summed E-state index contributed by atoms with van der Waals surface area (Å²) in [6.07, 6.45) is 8.54. The zero-order valence-corrected chi connectivity index (χ0v) is 11.8. The first-order chi connectivity index (χ1) is 7.50. The van der Waals surface area contributed by atoms with E-state index in [2.05, 4.69) is 45.2 Å². The molecule has 1 aliphatic rings. The van der Waals surface area contributed by atoms with Gasteiger partial charge in [0.25, 0.3) is 0 Å². The third kappa shape index (κ3) is 3.21. The lowest BCUT2D eigenvalue weighted by Crippen LogP contribution is -2.57. The van der Waals surface area contributed by atoms with Crippen LogP contribution in [-0.4, -0.2) is 37.6 Å². The van der Waals surface area contributed by atoms with E-state index in [1.165, 1.54) is 38.5 Å². The Hall–Kier alpha value is -0.0800. The van der Waals surface area contributed by atoms with Crippen LogP contribution in [-0.2, 0) is 0 Å². The Bertz CT molecular complexity index is 191. The maximum atomic E-state index is 3.58. The largest absolute Gasteiger partial charge is 0.315 e. The maximum Gasteiger partial charge on any atom is 0.0302 e. The number of hydrogen-bond donors (Lipinski definition) is 1. The molecule has 1 fully saturated rings. The van der Waals surface area contributed by atoms with Crippen molar-refractivity contribution in [3.8, 4) is 0 Å². The van der Waals surface area contributed by atoms with E-state index in [0.717, 1.165) is 5.92 Å². The second kappa shape index (κ2) is 6.02. The van der Waals surface area contributed by atoms with E-state index in [1.807, 2.05) is 0 Å². The first-order valence-electron chi connectivity index (χ1n) is 6.85. The average Bonchev–Trinajstić information content (AvgIpc) is 2.47. The highest BCUT2D eigenvalue weighted by atomic mass is 15.2. The minimum atomic E-state index is 0.240. The lowest BCUT2D eigenvalue weighted by atomic mass is 9.79. The molecule has 96 valence electrons. The Morgan fingerprint density at radius 1 is 1.06 bits per heavy atom. The monoisotopic (exact) mass is 226 g/mol. The van der Waals surface area contributed by atoms with Crippen LogP contribution in [0, 0.1) is 5.92 Å². The summed E-state index contributed by atoms with van der Waals surface area (Å²) >= 11 is 0. The van der Waals surface area contributed by atoms with Crippen LogP contribution in [0.25, 0.3) is 0 Å². The predicted octanol–water partition coefficient (Wildman–Crippen LogP) is 2.89. The molecular formula is C14H30N2. The van der Waals surface area contributed by atoms with E-state index in [9.17, 15) is 0 Å². The summed E-state index contributed by atoms with van der Waals surface area (Å²) in [6, 6.07) is 0.612. The number of likely N-dealkylation sites (N-methyl/N-ethyl adjacent to an activating group) is 2. The van der Waals surface area contributed by atoms with Gasteiger partial charge in [-0.15, -0.1) is 0 Å². The molecule has 16 heavy (non-hydrogen) atoms. The standard InChI is InChI=1S/C14H30N2/c1-14(2,16(4)5)13(15-3)12-10-8-6-7-9-11-12/h12-13,15H,6-11H2,1-5H3. The molecule has 1 rings (SSSR count). The van der Waals surface area contributed by atoms with Gasteiger partial charge in [-0.2, -0.15) is 0 Å². The van der Waals surface area contributed by atoms with E-state index < -0.39 is 0 Å². The van der Waals surface area contributed by atoms with Gasteiger partial charge < -0.3 is 10.2 Å². The fraction of sp³-hybridized carbons (Fsp3) is 1.00. The molecule has 2 heteroatoms. The highest BCUT2D eigenvalue weighted by molar-refractivity contribution is 4.95. The van der Waals surface area contributed by atoms with Gasteiger partial charge in [-0.05, 0) is 53.8 Å². The van der Waals surface area contributed by atoms with Gasteiger partial charge >= 0.3 is 0 Å². The molecule has 0 bridgehead atoms. The van der Waals surface area contributed by atoms with Gasteiger partial charge in [0.15, 0.2) is 0 Å². The van der Waals surface area contributed by atoms with E-state index in [4.69, 9.17) is 0 Å². The van der Waals surface area contributed by atoms with Gasteiger partial charge in [0.1, 0.15) is 0 Å². The van der Waals surface area contributed by atoms with Gasteiger partial charge in [-0.25, -0.2) is 0 Å². The molecule has 1 saturated carbocycles. The van der Waals surface area contributed by atoms with Crippen LogP contribution in [0.4, 0.5) is 0 Å². The Morgan fingerprint density at radius 2 is 1.56 bits per heavy atom. The highest BCUT2D eigenvalue weighted by Gasteiger charge is 2.36. The predicted molar refractivity (Wildman–Crippen MR) is 71.8 cm³/mol. The lowest BCUT2D eigenvalue weighted by molar-refractivity contribution is 0.100. The van der Waals surface area contributed by atoms with Gasteiger partial charge in [0.2, 0.25) is 0 Å². The van der Waals surface area contributed by atoms with E-state index >= 15 is 0 Å². The van der Waals surface area contributed by atoms with Gasteiger partial charge in [-0.1, -0.05) is 25.7 Å². The fourth-order valence-electron chi connectivity index (χ4n) is 3.09. The first-order valence-corrected chi connectivity index (χ1v) is 6.85. The summed E-state index contributed by atoms with van der Waals surface area (Å²) < 4.78 is 0. The third-order valence-corrected chi connectivity index (χ3v) is 4.60. The van der Waals surface area contributed by atoms with Crippen LogP contribution < -0.4 is 5.32 Å². The van der Waals surface area contributed by atoms with Crippen LogP contribution in [0.1, 0.15) is 52.4 Å². The number of hydrogen-bond acceptors (Lipinski definition) is 2. The second-order valence-electron chi connectivity index (χ2n) is 6.07. The van der Waals surface area contributed by atoms with Gasteiger partial charge in [0.05, 0.1) is 0 Å². The Morgan fingerprint density at radius 3 is 1.94 bits per heavy atom. The maximum absolute atomic E-state index is 3.58. The highest BCUT2D eigenvalue weighted by Crippen LogP contribution is 2.31. The molecular weight excluding hydrogens is 196 g/mol. The minimum Gasteiger partial charge on any atom is -0.315 e. The summed E-state index contributed by atoms with van der Waals surface area (Å²) in [4.78, 5) is 2.36. The van der Waals surface area contributed by atoms with Crippen LogP contribution in [0.5, 0.6) is 0 Å². The molecule has 1 aliphatic carbocycles. The molecule has 0 spiro atoms. The zero-order valence-electron chi connectivity index (χ0n) is 11.8. The van der Waals surface area contributed by atoms with Crippen LogP contribution in [0.15, 0.2) is 0 Å². The summed E-state index contributed by atoms with van der Waals surface area (Å²) in [5.41, 5.74) is 0.240. The van der Waals surface area contributed by atoms with Crippen molar-refractivity contribution in [2.75, 3.05) is 21.1 Å². The molecule has 0 amide bonds. The van der Waals surface area contributed by atoms with Gasteiger partial charge in [0, 0.05) is 11.6 Å². The molecule has 0 aromatic carbocycles. The Labute approximate surface area is 102 Å². The zero-order chi connectivity index (χ0) is 12.2. The summed E-state index contributed by atoms with van der Waals surface area (Å²) in [6.45, 7) is 4.72. The smallest absolute Gasteiger partial charge is 0.0302 e. The van der Waals surface area contributed by atoms with Crippen molar-refractivity contribution in [1.29, 1.82) is 0 Å². The molecule has 0 heterocycles. The van der Waals surface area contributed by atoms with Crippen molar-refractivity contribution in [2.45, 2.75) is 64.0 Å². The van der Waals surface area contributed by atoms with Crippen LogP contribution in [0.2, 0.25) is 0 Å². The molecule has 1 unspecified atom stereocenters. The van der Waals surface area contributed by atoms with E-state index in [0.29, 0.717) is 6.04 Å². The first kappa shape index (κ1) is 14.0. The normalized spacial score (nSPS) is 22.1. The van der Waals surface area contributed by atoms with Crippen LogP contribution >= 0.6 is 0 Å². The summed E-state index contributed by atoms with van der Waals surface area (Å²) in [5.74, 6) is 0.852. The van der Waals surface area contributed by atoms with E-state index in [1.54, 1.807) is 0 Å². The van der Waals surface area contributed by atoms with Crippen molar-refractivity contribution in [3.05, 3.63) is 0 Å². The summed E-state index contributed by atoms with van der Waals surface area (Å²) in [5, 5.41) is 3.58. The Balaban J connectivity index is 2.71. The molecule has 1 N–H and O–H groups in total. The average molecular weight is 226 g/mol. The second-order valence-corrected chi connectivity index (χ2v) is 6.07. The number of rotatable bonds is 4. The molecule has 1 atom stereocenters. The summed E-state index contributed by atoms with van der Waals surface area (Å²) in [7, 11) is 6.52. The quantitative estimate of drug-likeness (QED) is 0.742. The van der Waals surface area contributed by atoms with E-state index in [-0.39, 0.29) is 5.54 Å². The van der Waals surface area contributed by atoms with Crippen molar-refractivity contribution in [2.24, 2.45) is 5.92 Å². The third-order valence-electron chi connectivity index (χ3n) is 4.60. The SMILES string of the molecule is CNC(C1CCCCCC1)C(C)(C)N(C)C. The van der Waals surface area contributed by atoms with Crippen molar-refractivity contribution in [3.63, 3.8) is 0 Å². The number of nitrogens with one attached hydrogen (secondary N) is 1. The molecule has 0 aliphatic heterocycles. The minimum absolute atomic E-state index is 0.240. The molecule has 0 aromatic heterocycles. The molecule has 0 aromatic rings. The molecule has 0 radical (unpaired) electrons. The lowest BCUT2D eigenvalue weighted by Gasteiger charge is -2.44. The fourth-order valence-corrected chi connectivity index (χ4v) is 3.09. The van der Waals surface area contributed by atoms with Crippen LogP contribution in [0.3, 0.4) is 0 Å². The molecule has 2 nitrogen and oxygen atoms in total. The van der Waals surface area contributed by atoms with Gasteiger partial charge in [-0.3, -0.25) is 0 Å². The van der Waals surface area contributed by atoms with Crippen molar-refractivity contribution >= 4 is 0 Å². The van der Waals surface area contributed by atoms with Crippen molar-refractivity contribution in [1.82, 2.24) is 10.2 Å².